The van der Waals surface area contributed by atoms with Gasteiger partial charge in [0.1, 0.15) is 6.61 Å². The van der Waals surface area contributed by atoms with Crippen LogP contribution in [0, 0.1) is 0 Å². The van der Waals surface area contributed by atoms with E-state index in [-0.39, 0.29) is 10.8 Å². The Labute approximate surface area is 95.3 Å². The molecule has 1 heterocycles. The Balaban J connectivity index is 2.28. The number of hydrogen-bond acceptors (Lipinski definition) is 4. The van der Waals surface area contributed by atoms with Gasteiger partial charge in [-0.2, -0.15) is 11.8 Å². The topological polar surface area (TPSA) is 38.8 Å². The van der Waals surface area contributed by atoms with Gasteiger partial charge in [0.25, 0.3) is 0 Å². The van der Waals surface area contributed by atoms with Crippen molar-refractivity contribution in [2.45, 2.75) is 18.6 Å². The molecule has 0 N–H and O–H groups in total. The molecule has 1 aliphatic heterocycles. The van der Waals surface area contributed by atoms with E-state index in [1.54, 1.807) is 16.7 Å². The smallest absolute Gasteiger partial charge is 0.409 e. The van der Waals surface area contributed by atoms with E-state index in [4.69, 9.17) is 9.47 Å². The minimum atomic E-state index is -0.222. The van der Waals surface area contributed by atoms with Crippen molar-refractivity contribution >= 4 is 17.9 Å². The summed E-state index contributed by atoms with van der Waals surface area (Å²) in [5, 5.41) is 0. The number of ether oxygens (including phenoxy) is 2. The molecule has 0 atom stereocenters. The largest absolute Gasteiger partial charge is 0.448 e. The van der Waals surface area contributed by atoms with Crippen LogP contribution < -0.4 is 0 Å². The second-order valence-corrected chi connectivity index (χ2v) is 5.63. The maximum Gasteiger partial charge on any atom is 0.409 e. The molecule has 1 rings (SSSR count). The summed E-state index contributed by atoms with van der Waals surface area (Å²) < 4.78 is 10.4. The van der Waals surface area contributed by atoms with Crippen LogP contribution in [0.5, 0.6) is 0 Å². The number of carbonyl (C=O) groups excluding carboxylic acids is 1. The second-order valence-electron chi connectivity index (χ2n) is 4.12. The SMILES string of the molecule is CSC(C)(C)COC(=O)N1CCOCC1. The molecule has 0 saturated carbocycles. The lowest BCUT2D eigenvalue weighted by atomic mass is 10.2. The number of morpholine rings is 1. The normalized spacial score (nSPS) is 17.7. The highest BCUT2D eigenvalue weighted by molar-refractivity contribution is 7.99. The second kappa shape index (κ2) is 5.61. The van der Waals surface area contributed by atoms with Gasteiger partial charge in [0.15, 0.2) is 0 Å². The molecule has 0 spiro atoms. The van der Waals surface area contributed by atoms with E-state index < -0.39 is 0 Å². The molecule has 0 unspecified atom stereocenters. The van der Waals surface area contributed by atoms with Gasteiger partial charge in [-0.1, -0.05) is 0 Å². The third-order valence-electron chi connectivity index (χ3n) is 2.37. The van der Waals surface area contributed by atoms with E-state index in [9.17, 15) is 4.79 Å². The monoisotopic (exact) mass is 233 g/mol. The lowest BCUT2D eigenvalue weighted by Crippen LogP contribution is -2.42. The van der Waals surface area contributed by atoms with Gasteiger partial charge in [-0.05, 0) is 20.1 Å². The van der Waals surface area contributed by atoms with E-state index in [1.807, 2.05) is 6.26 Å². The molecule has 0 aromatic heterocycles. The van der Waals surface area contributed by atoms with Crippen molar-refractivity contribution in [1.82, 2.24) is 4.90 Å². The highest BCUT2D eigenvalue weighted by Crippen LogP contribution is 2.21. The number of nitrogens with zero attached hydrogens (tertiary/aromatic N) is 1. The van der Waals surface area contributed by atoms with Crippen LogP contribution in [0.1, 0.15) is 13.8 Å². The maximum absolute atomic E-state index is 11.6. The minimum Gasteiger partial charge on any atom is -0.448 e. The first-order chi connectivity index (χ1) is 7.05. The molecule has 1 aliphatic rings. The van der Waals surface area contributed by atoms with Gasteiger partial charge in [0, 0.05) is 17.8 Å². The van der Waals surface area contributed by atoms with Crippen molar-refractivity contribution in [2.24, 2.45) is 0 Å². The molecule has 1 fully saturated rings. The summed E-state index contributed by atoms with van der Waals surface area (Å²) in [5.74, 6) is 0. The van der Waals surface area contributed by atoms with Crippen LogP contribution in [0.15, 0.2) is 0 Å². The van der Waals surface area contributed by atoms with E-state index in [2.05, 4.69) is 13.8 Å². The van der Waals surface area contributed by atoms with Crippen LogP contribution >= 0.6 is 11.8 Å². The third-order valence-corrected chi connectivity index (χ3v) is 3.59. The molecule has 4 nitrogen and oxygen atoms in total. The van der Waals surface area contributed by atoms with Gasteiger partial charge in [-0.25, -0.2) is 4.79 Å². The predicted molar refractivity (Wildman–Crippen MR) is 61.3 cm³/mol. The fourth-order valence-electron chi connectivity index (χ4n) is 1.13. The van der Waals surface area contributed by atoms with Crippen molar-refractivity contribution in [3.05, 3.63) is 0 Å². The Morgan fingerprint density at radius 3 is 2.60 bits per heavy atom. The van der Waals surface area contributed by atoms with E-state index >= 15 is 0 Å². The highest BCUT2D eigenvalue weighted by atomic mass is 32.2. The predicted octanol–water partition coefficient (Wildman–Crippen LogP) is 1.60. The fraction of sp³-hybridized carbons (Fsp3) is 0.900. The molecule has 0 aromatic carbocycles. The molecule has 5 heteroatoms. The maximum atomic E-state index is 11.6. The summed E-state index contributed by atoms with van der Waals surface area (Å²) in [7, 11) is 0. The summed E-state index contributed by atoms with van der Waals surface area (Å²) >= 11 is 1.70. The summed E-state index contributed by atoms with van der Waals surface area (Å²) in [6.45, 7) is 7.07. The first-order valence-electron chi connectivity index (χ1n) is 5.10. The fourth-order valence-corrected chi connectivity index (χ4v) is 1.31. The molecule has 15 heavy (non-hydrogen) atoms. The van der Waals surface area contributed by atoms with Crippen molar-refractivity contribution in [3.8, 4) is 0 Å². The van der Waals surface area contributed by atoms with Crippen LogP contribution in [-0.2, 0) is 9.47 Å². The molecular formula is C10H19NO3S. The van der Waals surface area contributed by atoms with Crippen LogP contribution in [-0.4, -0.2) is 54.9 Å². The zero-order chi connectivity index (χ0) is 11.3. The lowest BCUT2D eigenvalue weighted by Gasteiger charge is -2.28. The third kappa shape index (κ3) is 4.30. The van der Waals surface area contributed by atoms with Gasteiger partial charge in [0.05, 0.1) is 13.2 Å². The minimum absolute atomic E-state index is 0.0120. The van der Waals surface area contributed by atoms with Crippen LogP contribution in [0.2, 0.25) is 0 Å². The Bertz CT molecular complexity index is 215. The molecule has 0 aliphatic carbocycles. The number of rotatable bonds is 3. The average molecular weight is 233 g/mol. The Kier molecular flexibility index (Phi) is 4.73. The van der Waals surface area contributed by atoms with Gasteiger partial charge in [-0.3, -0.25) is 0 Å². The molecule has 0 radical (unpaired) electrons. The Morgan fingerprint density at radius 2 is 2.07 bits per heavy atom. The summed E-state index contributed by atoms with van der Waals surface area (Å²) in [6, 6.07) is 0. The molecular weight excluding hydrogens is 214 g/mol. The summed E-state index contributed by atoms with van der Waals surface area (Å²) in [4.78, 5) is 13.3. The van der Waals surface area contributed by atoms with Gasteiger partial charge >= 0.3 is 6.09 Å². The lowest BCUT2D eigenvalue weighted by molar-refractivity contribution is 0.0255. The van der Waals surface area contributed by atoms with E-state index in [0.717, 1.165) is 0 Å². The first-order valence-corrected chi connectivity index (χ1v) is 6.32. The highest BCUT2D eigenvalue weighted by Gasteiger charge is 2.22. The zero-order valence-electron chi connectivity index (χ0n) is 9.62. The molecule has 0 aromatic rings. The molecule has 1 saturated heterocycles. The zero-order valence-corrected chi connectivity index (χ0v) is 10.4. The summed E-state index contributed by atoms with van der Waals surface area (Å²) in [6.07, 6.45) is 1.79. The quantitative estimate of drug-likeness (QED) is 0.742. The van der Waals surface area contributed by atoms with Crippen molar-refractivity contribution in [3.63, 3.8) is 0 Å². The number of hydrogen-bond donors (Lipinski definition) is 0. The molecule has 1 amide bonds. The average Bonchev–Trinajstić information content (AvgIpc) is 2.27. The number of thioether (sulfide) groups is 1. The molecule has 0 bridgehead atoms. The van der Waals surface area contributed by atoms with Crippen molar-refractivity contribution < 1.29 is 14.3 Å². The van der Waals surface area contributed by atoms with Gasteiger partial charge < -0.3 is 14.4 Å². The van der Waals surface area contributed by atoms with Crippen LogP contribution in [0.4, 0.5) is 4.79 Å². The van der Waals surface area contributed by atoms with E-state index in [0.29, 0.717) is 32.9 Å². The van der Waals surface area contributed by atoms with Crippen molar-refractivity contribution in [1.29, 1.82) is 0 Å². The Hall–Kier alpha value is -0.420. The molecule has 88 valence electrons. The van der Waals surface area contributed by atoms with Gasteiger partial charge in [-0.15, -0.1) is 0 Å². The van der Waals surface area contributed by atoms with Crippen molar-refractivity contribution in [2.75, 3.05) is 39.2 Å². The Morgan fingerprint density at radius 1 is 1.47 bits per heavy atom. The first kappa shape index (κ1) is 12.6. The van der Waals surface area contributed by atoms with Gasteiger partial charge in [0.2, 0.25) is 0 Å². The number of carbonyl (C=O) groups is 1. The van der Waals surface area contributed by atoms with Crippen LogP contribution in [0.25, 0.3) is 0 Å². The van der Waals surface area contributed by atoms with E-state index in [1.165, 1.54) is 0 Å². The van der Waals surface area contributed by atoms with Crippen LogP contribution in [0.3, 0.4) is 0 Å². The standard InChI is InChI=1S/C10H19NO3S/c1-10(2,15-3)8-14-9(12)11-4-6-13-7-5-11/h4-8H2,1-3H3. The number of amides is 1. The summed E-state index contributed by atoms with van der Waals surface area (Å²) in [5.41, 5.74) is 0.